The van der Waals surface area contributed by atoms with Crippen LogP contribution in [0.2, 0.25) is 0 Å². The second-order valence-electron chi connectivity index (χ2n) is 3.44. The molecule has 0 amide bonds. The molecule has 1 aromatic carbocycles. The molecule has 0 bridgehead atoms. The highest BCUT2D eigenvalue weighted by Crippen LogP contribution is 2.31. The maximum atomic E-state index is 5.72. The largest absolute Gasteiger partial charge is 0.431 e. The molecule has 1 aromatic heterocycles. The Hall–Kier alpha value is -1.07. The van der Waals surface area contributed by atoms with Gasteiger partial charge in [-0.3, -0.25) is 0 Å². The predicted octanol–water partition coefficient (Wildman–Crippen LogP) is 3.90. The molecule has 16 heavy (non-hydrogen) atoms. The van der Waals surface area contributed by atoms with Crippen molar-refractivity contribution in [3.63, 3.8) is 0 Å². The topological polar surface area (TPSA) is 48.1 Å². The number of nitrogens with two attached hydrogens (primary N) is 1. The van der Waals surface area contributed by atoms with E-state index in [9.17, 15) is 0 Å². The van der Waals surface area contributed by atoms with Crippen molar-refractivity contribution in [3.05, 3.63) is 33.2 Å². The fourth-order valence-electron chi connectivity index (χ4n) is 1.23. The Kier molecular flexibility index (Phi) is 3.16. The van der Waals surface area contributed by atoms with Gasteiger partial charge in [0.1, 0.15) is 5.75 Å². The SMILES string of the molecule is Cc1nc(Oc2cc(N)cc(Br)c2)sc1C. The number of aromatic nitrogens is 1. The summed E-state index contributed by atoms with van der Waals surface area (Å²) in [6.07, 6.45) is 0. The second kappa shape index (κ2) is 4.43. The molecule has 5 heteroatoms. The Bertz CT molecular complexity index is 485. The van der Waals surface area contributed by atoms with Gasteiger partial charge in [-0.05, 0) is 26.0 Å². The first-order valence-electron chi connectivity index (χ1n) is 4.72. The van der Waals surface area contributed by atoms with Crippen LogP contribution in [-0.2, 0) is 0 Å². The maximum Gasteiger partial charge on any atom is 0.279 e. The highest BCUT2D eigenvalue weighted by molar-refractivity contribution is 9.10. The minimum absolute atomic E-state index is 0.646. The number of nitrogen functional groups attached to an aromatic ring is 1. The predicted molar refractivity (Wildman–Crippen MR) is 70.2 cm³/mol. The van der Waals surface area contributed by atoms with Crippen molar-refractivity contribution in [2.45, 2.75) is 13.8 Å². The lowest BCUT2D eigenvalue weighted by atomic mass is 10.3. The number of thiazole rings is 1. The van der Waals surface area contributed by atoms with E-state index < -0.39 is 0 Å². The van der Waals surface area contributed by atoms with Crippen molar-refractivity contribution in [3.8, 4) is 10.9 Å². The summed E-state index contributed by atoms with van der Waals surface area (Å²) >= 11 is 4.90. The molecule has 0 unspecified atom stereocenters. The lowest BCUT2D eigenvalue weighted by Gasteiger charge is -2.03. The number of halogens is 1. The molecule has 1 heterocycles. The van der Waals surface area contributed by atoms with Crippen LogP contribution in [0.15, 0.2) is 22.7 Å². The van der Waals surface area contributed by atoms with Crippen molar-refractivity contribution in [2.75, 3.05) is 5.73 Å². The summed E-state index contributed by atoms with van der Waals surface area (Å²) in [5.41, 5.74) is 7.39. The Morgan fingerprint density at radius 1 is 1.31 bits per heavy atom. The number of ether oxygens (including phenoxy) is 1. The van der Waals surface area contributed by atoms with Gasteiger partial charge in [0.2, 0.25) is 0 Å². The smallest absolute Gasteiger partial charge is 0.279 e. The molecule has 0 spiro atoms. The second-order valence-corrected chi connectivity index (χ2v) is 5.53. The minimum atomic E-state index is 0.646. The van der Waals surface area contributed by atoms with Crippen molar-refractivity contribution >= 4 is 33.0 Å². The van der Waals surface area contributed by atoms with Gasteiger partial charge in [-0.15, -0.1) is 0 Å². The molecule has 0 fully saturated rings. The van der Waals surface area contributed by atoms with Crippen LogP contribution in [-0.4, -0.2) is 4.98 Å². The normalized spacial score (nSPS) is 10.4. The Labute approximate surface area is 106 Å². The van der Waals surface area contributed by atoms with E-state index in [4.69, 9.17) is 10.5 Å². The highest BCUT2D eigenvalue weighted by atomic mass is 79.9. The number of aryl methyl sites for hydroxylation is 2. The van der Waals surface area contributed by atoms with Gasteiger partial charge in [0.05, 0.1) is 5.69 Å². The van der Waals surface area contributed by atoms with Crippen molar-refractivity contribution in [2.24, 2.45) is 0 Å². The van der Waals surface area contributed by atoms with E-state index in [0.29, 0.717) is 16.6 Å². The van der Waals surface area contributed by atoms with Crippen LogP contribution in [0.1, 0.15) is 10.6 Å². The number of anilines is 1. The van der Waals surface area contributed by atoms with E-state index in [1.54, 1.807) is 6.07 Å². The van der Waals surface area contributed by atoms with E-state index in [2.05, 4.69) is 20.9 Å². The summed E-state index contributed by atoms with van der Waals surface area (Å²) in [6.45, 7) is 3.99. The quantitative estimate of drug-likeness (QED) is 0.856. The zero-order valence-electron chi connectivity index (χ0n) is 8.95. The van der Waals surface area contributed by atoms with E-state index in [1.807, 2.05) is 26.0 Å². The van der Waals surface area contributed by atoms with Gasteiger partial charge in [-0.2, -0.15) is 0 Å². The number of benzene rings is 1. The Morgan fingerprint density at radius 2 is 2.06 bits per heavy atom. The molecule has 0 aliphatic carbocycles. The number of hydrogen-bond donors (Lipinski definition) is 1. The number of hydrogen-bond acceptors (Lipinski definition) is 4. The van der Waals surface area contributed by atoms with Crippen LogP contribution in [0.5, 0.6) is 10.9 Å². The lowest BCUT2D eigenvalue weighted by Crippen LogP contribution is -1.88. The molecule has 0 aliphatic rings. The molecular weight excluding hydrogens is 288 g/mol. The summed E-state index contributed by atoms with van der Waals surface area (Å²) < 4.78 is 6.53. The summed E-state index contributed by atoms with van der Waals surface area (Å²) in [7, 11) is 0. The van der Waals surface area contributed by atoms with Crippen molar-refractivity contribution in [1.29, 1.82) is 0 Å². The first-order chi connectivity index (χ1) is 7.54. The van der Waals surface area contributed by atoms with Gasteiger partial charge in [0, 0.05) is 21.1 Å². The summed E-state index contributed by atoms with van der Waals surface area (Å²) in [6, 6.07) is 5.46. The van der Waals surface area contributed by atoms with Crippen LogP contribution in [0.25, 0.3) is 0 Å². The molecule has 0 atom stereocenters. The monoisotopic (exact) mass is 298 g/mol. The highest BCUT2D eigenvalue weighted by Gasteiger charge is 2.06. The van der Waals surface area contributed by atoms with Crippen molar-refractivity contribution in [1.82, 2.24) is 4.98 Å². The van der Waals surface area contributed by atoms with Gasteiger partial charge in [0.15, 0.2) is 0 Å². The van der Waals surface area contributed by atoms with Gasteiger partial charge in [-0.1, -0.05) is 27.3 Å². The third-order valence-electron chi connectivity index (χ3n) is 2.11. The summed E-state index contributed by atoms with van der Waals surface area (Å²) in [5, 5.41) is 0.646. The van der Waals surface area contributed by atoms with E-state index >= 15 is 0 Å². The molecule has 0 aliphatic heterocycles. The minimum Gasteiger partial charge on any atom is -0.431 e. The molecule has 2 N–H and O–H groups in total. The Balaban J connectivity index is 2.26. The van der Waals surface area contributed by atoms with Crippen LogP contribution in [0.4, 0.5) is 5.69 Å². The summed E-state index contributed by atoms with van der Waals surface area (Å²) in [5.74, 6) is 0.695. The van der Waals surface area contributed by atoms with E-state index in [-0.39, 0.29) is 0 Å². The fraction of sp³-hybridized carbons (Fsp3) is 0.182. The molecule has 0 saturated carbocycles. The molecule has 0 radical (unpaired) electrons. The first-order valence-corrected chi connectivity index (χ1v) is 6.33. The number of rotatable bonds is 2. The van der Waals surface area contributed by atoms with Crippen molar-refractivity contribution < 1.29 is 4.74 Å². The standard InChI is InChI=1S/C11H11BrN2OS/c1-6-7(2)16-11(14-6)15-10-4-8(12)3-9(13)5-10/h3-5H,13H2,1-2H3. The average Bonchev–Trinajstić information content (AvgIpc) is 2.43. The first kappa shape index (κ1) is 11.4. The van der Waals surface area contributed by atoms with Crippen LogP contribution in [0.3, 0.4) is 0 Å². The van der Waals surface area contributed by atoms with Crippen LogP contribution in [0, 0.1) is 13.8 Å². The zero-order valence-corrected chi connectivity index (χ0v) is 11.4. The third-order valence-corrected chi connectivity index (χ3v) is 3.52. The van der Waals surface area contributed by atoms with Gasteiger partial charge in [0.25, 0.3) is 5.19 Å². The van der Waals surface area contributed by atoms with E-state index in [0.717, 1.165) is 15.0 Å². The average molecular weight is 299 g/mol. The molecular formula is C11H11BrN2OS. The molecule has 84 valence electrons. The van der Waals surface area contributed by atoms with Gasteiger partial charge < -0.3 is 10.5 Å². The lowest BCUT2D eigenvalue weighted by molar-refractivity contribution is 0.478. The van der Waals surface area contributed by atoms with E-state index in [1.165, 1.54) is 11.3 Å². The molecule has 2 rings (SSSR count). The molecule has 0 saturated heterocycles. The third kappa shape index (κ3) is 2.54. The zero-order chi connectivity index (χ0) is 11.7. The van der Waals surface area contributed by atoms with Gasteiger partial charge in [-0.25, -0.2) is 4.98 Å². The fourth-order valence-corrected chi connectivity index (χ4v) is 2.50. The summed E-state index contributed by atoms with van der Waals surface area (Å²) in [4.78, 5) is 5.47. The molecule has 2 aromatic rings. The molecule has 3 nitrogen and oxygen atoms in total. The maximum absolute atomic E-state index is 5.72. The van der Waals surface area contributed by atoms with Crippen LogP contribution >= 0.6 is 27.3 Å². The van der Waals surface area contributed by atoms with Crippen LogP contribution < -0.4 is 10.5 Å². The van der Waals surface area contributed by atoms with Gasteiger partial charge >= 0.3 is 0 Å². The number of nitrogens with zero attached hydrogens (tertiary/aromatic N) is 1. The Morgan fingerprint density at radius 3 is 2.62 bits per heavy atom.